The second-order valence-electron chi connectivity index (χ2n) is 6.71. The van der Waals surface area contributed by atoms with Crippen LogP contribution in [0.1, 0.15) is 32.9 Å². The van der Waals surface area contributed by atoms with Gasteiger partial charge in [0.15, 0.2) is 0 Å². The summed E-state index contributed by atoms with van der Waals surface area (Å²) in [5.41, 5.74) is 1.08. The highest BCUT2D eigenvalue weighted by atomic mass is 32.1. The van der Waals surface area contributed by atoms with Gasteiger partial charge < -0.3 is 19.5 Å². The number of alkyl carbamates (subject to hydrolysis) is 1. The van der Waals surface area contributed by atoms with Gasteiger partial charge in [0.25, 0.3) is 0 Å². The van der Waals surface area contributed by atoms with Crippen molar-refractivity contribution in [3.63, 3.8) is 0 Å². The van der Waals surface area contributed by atoms with Gasteiger partial charge in [-0.05, 0) is 45.0 Å². The predicted molar refractivity (Wildman–Crippen MR) is 103 cm³/mol. The van der Waals surface area contributed by atoms with E-state index in [1.165, 1.54) is 11.3 Å². The summed E-state index contributed by atoms with van der Waals surface area (Å²) in [5.74, 6) is 0.370. The molecule has 1 amide bonds. The van der Waals surface area contributed by atoms with Gasteiger partial charge in [-0.2, -0.15) is 0 Å². The first-order chi connectivity index (χ1) is 12.8. The van der Waals surface area contributed by atoms with Gasteiger partial charge in [0.1, 0.15) is 23.0 Å². The van der Waals surface area contributed by atoms with Gasteiger partial charge >= 0.3 is 12.1 Å². The number of ether oxygens (including phenoxy) is 3. The minimum Gasteiger partial charge on any atom is -0.497 e. The van der Waals surface area contributed by atoms with Crippen LogP contribution in [0, 0.1) is 0 Å². The number of hydrogen-bond donors (Lipinski definition) is 1. The van der Waals surface area contributed by atoms with Crippen LogP contribution in [0.2, 0.25) is 0 Å². The Morgan fingerprint density at radius 3 is 2.52 bits per heavy atom. The first-order valence-electron chi connectivity index (χ1n) is 8.48. The molecule has 0 unspecified atom stereocenters. The van der Waals surface area contributed by atoms with E-state index in [1.54, 1.807) is 27.9 Å². The van der Waals surface area contributed by atoms with Crippen molar-refractivity contribution < 1.29 is 23.8 Å². The molecule has 8 heteroatoms. The molecule has 2 aromatic rings. The highest BCUT2D eigenvalue weighted by Crippen LogP contribution is 2.25. The van der Waals surface area contributed by atoms with Gasteiger partial charge in [-0.15, -0.1) is 11.3 Å². The molecule has 0 saturated carbocycles. The molecule has 1 heterocycles. The van der Waals surface area contributed by atoms with E-state index in [4.69, 9.17) is 14.2 Å². The van der Waals surface area contributed by atoms with Crippen LogP contribution in [0.25, 0.3) is 10.6 Å². The Balaban J connectivity index is 1.74. The molecule has 0 saturated heterocycles. The highest BCUT2D eigenvalue weighted by Gasteiger charge is 2.16. The van der Waals surface area contributed by atoms with Crippen LogP contribution in [0.3, 0.4) is 0 Å². The summed E-state index contributed by atoms with van der Waals surface area (Å²) in [6.07, 6.45) is -0.492. The average Bonchev–Trinajstić information content (AvgIpc) is 3.07. The van der Waals surface area contributed by atoms with Crippen molar-refractivity contribution in [3.8, 4) is 16.3 Å². The van der Waals surface area contributed by atoms with E-state index in [0.717, 1.165) is 16.3 Å². The van der Waals surface area contributed by atoms with Gasteiger partial charge in [-0.3, -0.25) is 4.79 Å². The van der Waals surface area contributed by atoms with E-state index in [9.17, 15) is 9.59 Å². The lowest BCUT2D eigenvalue weighted by Crippen LogP contribution is -2.33. The molecule has 27 heavy (non-hydrogen) atoms. The second-order valence-corrected chi connectivity index (χ2v) is 7.57. The molecule has 2 rings (SSSR count). The molecule has 0 fully saturated rings. The zero-order chi connectivity index (χ0) is 19.9. The number of benzene rings is 1. The van der Waals surface area contributed by atoms with Crippen LogP contribution >= 0.6 is 11.3 Å². The molecule has 0 aliphatic rings. The SMILES string of the molecule is COc1ccc(-c2nc(COC(=O)CCNC(=O)OC(C)(C)C)cs2)cc1. The van der Waals surface area contributed by atoms with Crippen LogP contribution in [0.5, 0.6) is 5.75 Å². The zero-order valence-electron chi connectivity index (χ0n) is 15.9. The van der Waals surface area contributed by atoms with Gasteiger partial charge in [0, 0.05) is 17.5 Å². The molecular weight excluding hydrogens is 368 g/mol. The summed E-state index contributed by atoms with van der Waals surface area (Å²) in [6, 6.07) is 7.59. The van der Waals surface area contributed by atoms with E-state index in [-0.39, 0.29) is 19.6 Å². The van der Waals surface area contributed by atoms with Gasteiger partial charge in [-0.25, -0.2) is 9.78 Å². The number of carbonyl (C=O) groups excluding carboxylic acids is 2. The third kappa shape index (κ3) is 7.26. The molecule has 1 aromatic heterocycles. The normalized spacial score (nSPS) is 11.0. The number of amides is 1. The maximum atomic E-state index is 11.8. The fraction of sp³-hybridized carbons (Fsp3) is 0.421. The minimum atomic E-state index is -0.573. The number of rotatable bonds is 7. The molecule has 146 valence electrons. The van der Waals surface area contributed by atoms with Crippen LogP contribution in [0.4, 0.5) is 4.79 Å². The highest BCUT2D eigenvalue weighted by molar-refractivity contribution is 7.13. The molecule has 0 radical (unpaired) electrons. The fourth-order valence-corrected chi connectivity index (χ4v) is 2.86. The Morgan fingerprint density at radius 2 is 1.89 bits per heavy atom. The minimum absolute atomic E-state index is 0.0642. The number of nitrogens with one attached hydrogen (secondary N) is 1. The maximum absolute atomic E-state index is 11.8. The van der Waals surface area contributed by atoms with Gasteiger partial charge in [0.2, 0.25) is 0 Å². The standard InChI is InChI=1S/C19H24N2O5S/c1-19(2,3)26-18(23)20-10-9-16(22)25-11-14-12-27-17(21-14)13-5-7-15(24-4)8-6-13/h5-8,12H,9-11H2,1-4H3,(H,20,23). The van der Waals surface area contributed by atoms with Crippen molar-refractivity contribution in [2.45, 2.75) is 39.4 Å². The summed E-state index contributed by atoms with van der Waals surface area (Å²) in [4.78, 5) is 27.7. The van der Waals surface area contributed by atoms with Crippen LogP contribution in [0.15, 0.2) is 29.6 Å². The van der Waals surface area contributed by atoms with Crippen molar-refractivity contribution in [1.82, 2.24) is 10.3 Å². The van der Waals surface area contributed by atoms with Crippen molar-refractivity contribution in [2.75, 3.05) is 13.7 Å². The Labute approximate surface area is 162 Å². The average molecular weight is 392 g/mol. The summed E-state index contributed by atoms with van der Waals surface area (Å²) in [7, 11) is 1.62. The lowest BCUT2D eigenvalue weighted by molar-refractivity contribution is -0.144. The largest absolute Gasteiger partial charge is 0.497 e. The Kier molecular flexibility index (Phi) is 7.18. The molecule has 0 aliphatic carbocycles. The molecule has 0 spiro atoms. The van der Waals surface area contributed by atoms with E-state index in [2.05, 4.69) is 10.3 Å². The monoisotopic (exact) mass is 392 g/mol. The van der Waals surface area contributed by atoms with Crippen molar-refractivity contribution in [2.24, 2.45) is 0 Å². The van der Waals surface area contributed by atoms with E-state index in [0.29, 0.717) is 5.69 Å². The molecule has 1 aromatic carbocycles. The molecule has 1 N–H and O–H groups in total. The first-order valence-corrected chi connectivity index (χ1v) is 9.36. The summed E-state index contributed by atoms with van der Waals surface area (Å²) in [6.45, 7) is 5.57. The lowest BCUT2D eigenvalue weighted by Gasteiger charge is -2.19. The van der Waals surface area contributed by atoms with Crippen LogP contribution < -0.4 is 10.1 Å². The molecule has 0 bridgehead atoms. The van der Waals surface area contributed by atoms with Crippen molar-refractivity contribution in [3.05, 3.63) is 35.3 Å². The predicted octanol–water partition coefficient (Wildman–Crippen LogP) is 3.78. The number of thiazole rings is 1. The number of aromatic nitrogens is 1. The number of hydrogen-bond acceptors (Lipinski definition) is 7. The van der Waals surface area contributed by atoms with Gasteiger partial charge in [0.05, 0.1) is 19.2 Å². The van der Waals surface area contributed by atoms with E-state index in [1.807, 2.05) is 29.6 Å². The summed E-state index contributed by atoms with van der Waals surface area (Å²) >= 11 is 1.48. The molecule has 0 aliphatic heterocycles. The Hall–Kier alpha value is -2.61. The summed E-state index contributed by atoms with van der Waals surface area (Å²) < 4.78 is 15.4. The van der Waals surface area contributed by atoms with Gasteiger partial charge in [-0.1, -0.05) is 0 Å². The number of esters is 1. The summed E-state index contributed by atoms with van der Waals surface area (Å²) in [5, 5.41) is 5.21. The topological polar surface area (TPSA) is 86.8 Å². The molecular formula is C19H24N2O5S. The third-order valence-electron chi connectivity index (χ3n) is 3.27. The van der Waals surface area contributed by atoms with Crippen LogP contribution in [-0.4, -0.2) is 36.3 Å². The number of carbonyl (C=O) groups is 2. The van der Waals surface area contributed by atoms with Crippen molar-refractivity contribution in [1.29, 1.82) is 0 Å². The maximum Gasteiger partial charge on any atom is 0.407 e. The van der Waals surface area contributed by atoms with Crippen molar-refractivity contribution >= 4 is 23.4 Å². The number of nitrogens with zero attached hydrogens (tertiary/aromatic N) is 1. The third-order valence-corrected chi connectivity index (χ3v) is 4.21. The molecule has 7 nitrogen and oxygen atoms in total. The zero-order valence-corrected chi connectivity index (χ0v) is 16.7. The first kappa shape index (κ1) is 20.7. The Morgan fingerprint density at radius 1 is 1.19 bits per heavy atom. The van der Waals surface area contributed by atoms with E-state index >= 15 is 0 Å². The van der Waals surface area contributed by atoms with E-state index < -0.39 is 17.7 Å². The quantitative estimate of drug-likeness (QED) is 0.722. The lowest BCUT2D eigenvalue weighted by atomic mass is 10.2. The fourth-order valence-electron chi connectivity index (χ4n) is 2.05. The Bertz CT molecular complexity index is 765. The van der Waals surface area contributed by atoms with Crippen LogP contribution in [-0.2, 0) is 20.9 Å². The number of methoxy groups -OCH3 is 1. The smallest absolute Gasteiger partial charge is 0.407 e. The molecule has 0 atom stereocenters. The second kappa shape index (κ2) is 9.36.